The number of rotatable bonds is 9. The van der Waals surface area contributed by atoms with Crippen molar-refractivity contribution in [3.63, 3.8) is 0 Å². The minimum atomic E-state index is -3.17. The average Bonchev–Trinajstić information content (AvgIpc) is 2.78. The van der Waals surface area contributed by atoms with Crippen LogP contribution in [-0.2, 0) is 14.8 Å². The molecule has 7 heteroatoms. The first kappa shape index (κ1) is 24.3. The van der Waals surface area contributed by atoms with Gasteiger partial charge in [-0.1, -0.05) is 13.8 Å². The van der Waals surface area contributed by atoms with Crippen molar-refractivity contribution in [2.45, 2.75) is 83.1 Å². The highest BCUT2D eigenvalue weighted by atomic mass is 32.2. The summed E-state index contributed by atoms with van der Waals surface area (Å²) in [5, 5.41) is 3.21. The van der Waals surface area contributed by atoms with Gasteiger partial charge in [-0.2, -0.15) is 0 Å². The van der Waals surface area contributed by atoms with Crippen LogP contribution in [0.3, 0.4) is 0 Å². The second kappa shape index (κ2) is 10.5. The fourth-order valence-electron chi connectivity index (χ4n) is 4.65. The molecule has 0 radical (unpaired) electrons. The number of nitrogens with one attached hydrogen (secondary N) is 2. The van der Waals surface area contributed by atoms with Crippen LogP contribution in [0.1, 0.15) is 66.2 Å². The molecule has 176 valence electrons. The molecule has 3 rings (SSSR count). The normalized spacial score (nSPS) is 24.4. The monoisotopic (exact) mass is 451 g/mol. The van der Waals surface area contributed by atoms with E-state index < -0.39 is 10.0 Å². The van der Waals surface area contributed by atoms with Crippen LogP contribution >= 0.6 is 0 Å². The average molecular weight is 452 g/mol. The fourth-order valence-corrected chi connectivity index (χ4v) is 5.62. The highest BCUT2D eigenvalue weighted by Gasteiger charge is 2.33. The Labute approximate surface area is 189 Å². The number of nitrogens with zero attached hydrogens (tertiary/aromatic N) is 1. The second-order valence-electron chi connectivity index (χ2n) is 9.52. The number of benzene rings is 1. The Kier molecular flexibility index (Phi) is 8.27. The lowest BCUT2D eigenvalue weighted by Gasteiger charge is -2.43. The highest BCUT2D eigenvalue weighted by molar-refractivity contribution is 7.90. The zero-order valence-electron chi connectivity index (χ0n) is 19.7. The Morgan fingerprint density at radius 3 is 2.32 bits per heavy atom. The summed E-state index contributed by atoms with van der Waals surface area (Å²) in [5.41, 5.74) is 2.40. The number of anilines is 2. The van der Waals surface area contributed by atoms with Crippen molar-refractivity contribution in [2.75, 3.05) is 36.5 Å². The fraction of sp³-hybridized carbons (Fsp3) is 0.750. The number of hydrogen-bond donors (Lipinski definition) is 2. The first-order chi connectivity index (χ1) is 14.8. The molecule has 2 N–H and O–H groups in total. The maximum absolute atomic E-state index is 12.1. The molecule has 0 aromatic heterocycles. The van der Waals surface area contributed by atoms with E-state index in [-0.39, 0.29) is 16.9 Å². The first-order valence-electron chi connectivity index (χ1n) is 12.0. The van der Waals surface area contributed by atoms with Crippen LogP contribution in [0.15, 0.2) is 24.3 Å². The molecule has 1 aliphatic carbocycles. The van der Waals surface area contributed by atoms with Crippen molar-refractivity contribution < 1.29 is 13.2 Å². The molecule has 0 bridgehead atoms. The van der Waals surface area contributed by atoms with Gasteiger partial charge in [-0.05, 0) is 82.6 Å². The van der Waals surface area contributed by atoms with E-state index >= 15 is 0 Å². The van der Waals surface area contributed by atoms with Gasteiger partial charge in [0.05, 0.1) is 17.5 Å². The van der Waals surface area contributed by atoms with Gasteiger partial charge in [0.15, 0.2) is 0 Å². The number of ether oxygens (including phenoxy) is 1. The predicted octanol–water partition coefficient (Wildman–Crippen LogP) is 4.38. The number of morpholine rings is 1. The van der Waals surface area contributed by atoms with Gasteiger partial charge < -0.3 is 15.0 Å². The summed E-state index contributed by atoms with van der Waals surface area (Å²) >= 11 is 0. The van der Waals surface area contributed by atoms with Crippen molar-refractivity contribution in [3.05, 3.63) is 24.3 Å². The molecule has 1 aliphatic heterocycles. The van der Waals surface area contributed by atoms with E-state index in [1.54, 1.807) is 13.8 Å². The summed E-state index contributed by atoms with van der Waals surface area (Å²) < 4.78 is 33.1. The van der Waals surface area contributed by atoms with Crippen molar-refractivity contribution in [1.29, 1.82) is 0 Å². The number of hydrogen-bond acceptors (Lipinski definition) is 5. The summed E-state index contributed by atoms with van der Waals surface area (Å²) in [5.74, 6) is 0.591. The van der Waals surface area contributed by atoms with E-state index in [4.69, 9.17) is 4.74 Å². The summed E-state index contributed by atoms with van der Waals surface area (Å²) in [4.78, 5) is 2.44. The van der Waals surface area contributed by atoms with Crippen LogP contribution in [0, 0.1) is 5.92 Å². The van der Waals surface area contributed by atoms with Gasteiger partial charge in [0, 0.05) is 37.1 Å². The van der Waals surface area contributed by atoms with Gasteiger partial charge in [-0.15, -0.1) is 0 Å². The smallest absolute Gasteiger partial charge is 0.214 e. The molecule has 1 saturated carbocycles. The molecule has 1 aromatic carbocycles. The second-order valence-corrected chi connectivity index (χ2v) is 11.8. The molecule has 0 atom stereocenters. The van der Waals surface area contributed by atoms with Gasteiger partial charge in [-0.3, -0.25) is 0 Å². The van der Waals surface area contributed by atoms with Gasteiger partial charge >= 0.3 is 0 Å². The zero-order chi connectivity index (χ0) is 22.5. The Hall–Kier alpha value is -1.31. The van der Waals surface area contributed by atoms with Crippen LogP contribution in [0.2, 0.25) is 0 Å². The Morgan fingerprint density at radius 2 is 1.74 bits per heavy atom. The Balaban J connectivity index is 1.45. The molecule has 1 aromatic rings. The van der Waals surface area contributed by atoms with Crippen molar-refractivity contribution in [3.8, 4) is 0 Å². The predicted molar refractivity (Wildman–Crippen MR) is 129 cm³/mol. The highest BCUT2D eigenvalue weighted by Crippen LogP contribution is 2.30. The van der Waals surface area contributed by atoms with Crippen molar-refractivity contribution in [2.24, 2.45) is 5.92 Å². The van der Waals surface area contributed by atoms with Gasteiger partial charge in [-0.25, -0.2) is 13.1 Å². The van der Waals surface area contributed by atoms with E-state index in [1.807, 2.05) is 0 Å². The van der Waals surface area contributed by atoms with E-state index in [0.717, 1.165) is 70.5 Å². The number of sulfonamides is 1. The molecule has 1 heterocycles. The molecule has 31 heavy (non-hydrogen) atoms. The molecule has 2 aliphatic rings. The molecule has 2 fully saturated rings. The minimum absolute atomic E-state index is 0.0165. The summed E-state index contributed by atoms with van der Waals surface area (Å²) in [7, 11) is -3.17. The largest absolute Gasteiger partial charge is 0.385 e. The van der Waals surface area contributed by atoms with Gasteiger partial charge in [0.1, 0.15) is 0 Å². The van der Waals surface area contributed by atoms with E-state index in [0.29, 0.717) is 5.92 Å². The third-order valence-electron chi connectivity index (χ3n) is 7.16. The molecule has 6 nitrogen and oxygen atoms in total. The quantitative estimate of drug-likeness (QED) is 0.583. The maximum atomic E-state index is 12.1. The minimum Gasteiger partial charge on any atom is -0.385 e. The van der Waals surface area contributed by atoms with E-state index in [1.165, 1.54) is 5.69 Å². The lowest BCUT2D eigenvalue weighted by atomic mass is 9.86. The molecule has 0 unspecified atom stereocenters. The SMILES string of the molecule is CCC1(CC)CN(c2ccc(NC[C@H]3CC[C@H](NS(=O)(=O)C(C)C)CC3)cc2)CCO1. The third kappa shape index (κ3) is 6.36. The van der Waals surface area contributed by atoms with Gasteiger partial charge in [0.25, 0.3) is 0 Å². The lowest BCUT2D eigenvalue weighted by molar-refractivity contribution is -0.0604. The topological polar surface area (TPSA) is 70.7 Å². The van der Waals surface area contributed by atoms with E-state index in [9.17, 15) is 8.42 Å². The Morgan fingerprint density at radius 1 is 1.10 bits per heavy atom. The standard InChI is InChI=1S/C24H41N3O3S/c1-5-24(6-2)18-27(15-16-30-24)23-13-11-21(12-14-23)25-17-20-7-9-22(10-8-20)26-31(28,29)19(3)4/h11-14,19-20,22,25-26H,5-10,15-18H2,1-4H3/t20-,22-. The van der Waals surface area contributed by atoms with Crippen LogP contribution in [0.4, 0.5) is 11.4 Å². The molecular weight excluding hydrogens is 410 g/mol. The van der Waals surface area contributed by atoms with Crippen LogP contribution in [0.25, 0.3) is 0 Å². The maximum Gasteiger partial charge on any atom is 0.214 e. The first-order valence-corrected chi connectivity index (χ1v) is 13.6. The van der Waals surface area contributed by atoms with Crippen LogP contribution < -0.4 is 14.9 Å². The lowest BCUT2D eigenvalue weighted by Crippen LogP contribution is -2.51. The van der Waals surface area contributed by atoms with Crippen LogP contribution in [-0.4, -0.2) is 51.6 Å². The zero-order valence-corrected chi connectivity index (χ0v) is 20.5. The van der Waals surface area contributed by atoms with Crippen molar-refractivity contribution in [1.82, 2.24) is 4.72 Å². The van der Waals surface area contributed by atoms with Crippen LogP contribution in [0.5, 0.6) is 0 Å². The summed E-state index contributed by atoms with van der Waals surface area (Å²) in [6, 6.07) is 8.86. The third-order valence-corrected chi connectivity index (χ3v) is 9.07. The van der Waals surface area contributed by atoms with Gasteiger partial charge in [0.2, 0.25) is 10.0 Å². The Bertz CT molecular complexity index is 783. The summed E-state index contributed by atoms with van der Waals surface area (Å²) in [6.45, 7) is 11.5. The molecular formula is C24H41N3O3S. The van der Waals surface area contributed by atoms with Crippen molar-refractivity contribution >= 4 is 21.4 Å². The molecule has 0 amide bonds. The molecule has 0 spiro atoms. The summed E-state index contributed by atoms with van der Waals surface area (Å²) in [6.07, 6.45) is 6.04. The van der Waals surface area contributed by atoms with E-state index in [2.05, 4.69) is 53.1 Å². The molecule has 1 saturated heterocycles.